The van der Waals surface area contributed by atoms with Crippen LogP contribution in [0.25, 0.3) is 0 Å². The lowest BCUT2D eigenvalue weighted by Crippen LogP contribution is -2.61. The summed E-state index contributed by atoms with van der Waals surface area (Å²) < 4.78 is 0. The van der Waals surface area contributed by atoms with Crippen molar-refractivity contribution in [3.63, 3.8) is 0 Å². The van der Waals surface area contributed by atoms with Crippen LogP contribution in [0.4, 0.5) is 0 Å². The van der Waals surface area contributed by atoms with Gasteiger partial charge in [0, 0.05) is 25.4 Å². The normalized spacial score (nSPS) is 33.2. The summed E-state index contributed by atoms with van der Waals surface area (Å²) in [6.45, 7) is 4.34. The number of benzene rings is 1. The first-order valence-corrected chi connectivity index (χ1v) is 9.11. The molecule has 1 aromatic carbocycles. The minimum atomic E-state index is -0.178. The highest BCUT2D eigenvalue weighted by Crippen LogP contribution is 2.46. The molecule has 4 aliphatic heterocycles. The highest BCUT2D eigenvalue weighted by atomic mass is 16.3. The molecule has 25 heavy (non-hydrogen) atoms. The van der Waals surface area contributed by atoms with E-state index in [0.717, 1.165) is 31.5 Å². The average Bonchev–Trinajstić information content (AvgIpc) is 3.03. The molecule has 0 unspecified atom stereocenters. The van der Waals surface area contributed by atoms with Gasteiger partial charge in [-0.1, -0.05) is 12.1 Å². The van der Waals surface area contributed by atoms with E-state index in [1.54, 1.807) is 6.07 Å². The van der Waals surface area contributed by atoms with Gasteiger partial charge in [-0.2, -0.15) is 0 Å². The molecule has 4 aliphatic rings. The predicted molar refractivity (Wildman–Crippen MR) is 93.1 cm³/mol. The van der Waals surface area contributed by atoms with E-state index in [1.165, 1.54) is 6.92 Å². The fourth-order valence-corrected chi connectivity index (χ4v) is 5.05. The highest BCUT2D eigenvalue weighted by molar-refractivity contribution is 5.84. The van der Waals surface area contributed by atoms with Gasteiger partial charge in [0.05, 0.1) is 12.6 Å². The molecule has 6 heteroatoms. The number of rotatable bonds is 3. The number of phenols is 1. The number of carbonyl (C=O) groups is 2. The van der Waals surface area contributed by atoms with Crippen molar-refractivity contribution in [2.45, 2.75) is 37.8 Å². The number of amides is 2. The van der Waals surface area contributed by atoms with Crippen molar-refractivity contribution in [1.82, 2.24) is 15.1 Å². The lowest BCUT2D eigenvalue weighted by molar-refractivity contribution is -0.136. The second kappa shape index (κ2) is 6.33. The standard InChI is InChI=1S/C19H25N3O3/c1-12(23)20-10-17(25)22-11-16(14-3-2-4-15(24)9-14)19-18(22)13-5-7-21(19)8-6-13/h2-4,9,13,16,18-19,24H,5-8,10-11H2,1H3,(H,20,23)/t16-,18+,19+/m0/s1. The number of nitrogens with zero attached hydrogens (tertiary/aromatic N) is 2. The number of carbonyl (C=O) groups excluding carboxylic acids is 2. The first-order chi connectivity index (χ1) is 12.0. The number of fused-ring (bicyclic) bond motifs is 2. The minimum Gasteiger partial charge on any atom is -0.508 e. The average molecular weight is 343 g/mol. The topological polar surface area (TPSA) is 72.9 Å². The van der Waals surface area contributed by atoms with Crippen molar-refractivity contribution < 1.29 is 14.7 Å². The Kier molecular flexibility index (Phi) is 4.15. The van der Waals surface area contributed by atoms with Crippen LogP contribution in [0.15, 0.2) is 24.3 Å². The van der Waals surface area contributed by atoms with Gasteiger partial charge in [-0.05, 0) is 49.5 Å². The number of hydrogen-bond acceptors (Lipinski definition) is 4. The Labute approximate surface area is 147 Å². The predicted octanol–water partition coefficient (Wildman–Crippen LogP) is 0.917. The first kappa shape index (κ1) is 16.4. The van der Waals surface area contributed by atoms with E-state index in [4.69, 9.17) is 0 Å². The van der Waals surface area contributed by atoms with Crippen molar-refractivity contribution in [1.29, 1.82) is 0 Å². The molecule has 4 saturated heterocycles. The molecule has 2 amide bonds. The molecule has 6 nitrogen and oxygen atoms in total. The van der Waals surface area contributed by atoms with Gasteiger partial charge in [0.25, 0.3) is 0 Å². The van der Waals surface area contributed by atoms with Crippen LogP contribution in [0.5, 0.6) is 5.75 Å². The summed E-state index contributed by atoms with van der Waals surface area (Å²) in [5.74, 6) is 0.845. The third kappa shape index (κ3) is 2.88. The molecule has 1 aromatic rings. The van der Waals surface area contributed by atoms with E-state index in [2.05, 4.69) is 10.2 Å². The molecule has 3 atom stereocenters. The molecule has 0 radical (unpaired) electrons. The van der Waals surface area contributed by atoms with Crippen molar-refractivity contribution >= 4 is 11.8 Å². The maximum Gasteiger partial charge on any atom is 0.242 e. The van der Waals surface area contributed by atoms with E-state index >= 15 is 0 Å². The SMILES string of the molecule is CC(=O)NCC(=O)N1C[C@@H](c2cccc(O)c2)[C@@H]2[C@H]1C1CCN2CC1. The number of aromatic hydroxyl groups is 1. The summed E-state index contributed by atoms with van der Waals surface area (Å²) in [6.07, 6.45) is 2.27. The van der Waals surface area contributed by atoms with Crippen LogP contribution in [-0.4, -0.2) is 65.0 Å². The zero-order chi connectivity index (χ0) is 17.6. The molecular weight excluding hydrogens is 318 g/mol. The Balaban J connectivity index is 1.63. The van der Waals surface area contributed by atoms with Crippen LogP contribution in [0.1, 0.15) is 31.2 Å². The molecule has 0 saturated carbocycles. The van der Waals surface area contributed by atoms with Crippen LogP contribution < -0.4 is 5.32 Å². The van der Waals surface area contributed by atoms with Gasteiger partial charge in [-0.3, -0.25) is 14.5 Å². The molecule has 5 rings (SSSR count). The number of likely N-dealkylation sites (tertiary alicyclic amines) is 1. The van der Waals surface area contributed by atoms with Crippen LogP contribution in [0.3, 0.4) is 0 Å². The van der Waals surface area contributed by atoms with E-state index in [-0.39, 0.29) is 36.1 Å². The van der Waals surface area contributed by atoms with Gasteiger partial charge in [0.1, 0.15) is 5.75 Å². The number of nitrogens with one attached hydrogen (secondary N) is 1. The second-order valence-electron chi connectivity index (χ2n) is 7.51. The van der Waals surface area contributed by atoms with Crippen molar-refractivity contribution in [2.75, 3.05) is 26.2 Å². The van der Waals surface area contributed by atoms with Crippen LogP contribution >= 0.6 is 0 Å². The monoisotopic (exact) mass is 343 g/mol. The van der Waals surface area contributed by atoms with Gasteiger partial charge in [0.2, 0.25) is 11.8 Å². The fourth-order valence-electron chi connectivity index (χ4n) is 5.05. The van der Waals surface area contributed by atoms with E-state index in [9.17, 15) is 14.7 Å². The maximum absolute atomic E-state index is 12.8. The quantitative estimate of drug-likeness (QED) is 0.856. The lowest BCUT2D eigenvalue weighted by Gasteiger charge is -2.51. The molecule has 4 fully saturated rings. The van der Waals surface area contributed by atoms with Gasteiger partial charge < -0.3 is 15.3 Å². The summed E-state index contributed by atoms with van der Waals surface area (Å²) in [4.78, 5) is 28.5. The van der Waals surface area contributed by atoms with Gasteiger partial charge in [0.15, 0.2) is 0 Å². The Morgan fingerprint density at radius 1 is 1.24 bits per heavy atom. The van der Waals surface area contributed by atoms with Crippen LogP contribution in [0.2, 0.25) is 0 Å². The fraction of sp³-hybridized carbons (Fsp3) is 0.579. The molecule has 4 heterocycles. The molecule has 0 spiro atoms. The molecular formula is C19H25N3O3. The Bertz CT molecular complexity index is 684. The molecule has 2 N–H and O–H groups in total. The molecule has 2 bridgehead atoms. The van der Waals surface area contributed by atoms with Crippen LogP contribution in [-0.2, 0) is 9.59 Å². The van der Waals surface area contributed by atoms with Crippen molar-refractivity contribution in [3.8, 4) is 5.75 Å². The van der Waals surface area contributed by atoms with Gasteiger partial charge in [-0.15, -0.1) is 0 Å². The van der Waals surface area contributed by atoms with Gasteiger partial charge >= 0.3 is 0 Å². The minimum absolute atomic E-state index is 0.00148. The molecule has 0 aliphatic carbocycles. The smallest absolute Gasteiger partial charge is 0.242 e. The molecule has 0 aromatic heterocycles. The number of hydrogen-bond donors (Lipinski definition) is 2. The third-order valence-corrected chi connectivity index (χ3v) is 6.10. The Morgan fingerprint density at radius 2 is 2.00 bits per heavy atom. The maximum atomic E-state index is 12.8. The van der Waals surface area contributed by atoms with E-state index in [0.29, 0.717) is 18.5 Å². The second-order valence-corrected chi connectivity index (χ2v) is 7.51. The Hall–Kier alpha value is -2.08. The third-order valence-electron chi connectivity index (χ3n) is 6.10. The van der Waals surface area contributed by atoms with Crippen molar-refractivity contribution in [3.05, 3.63) is 29.8 Å². The van der Waals surface area contributed by atoms with Crippen LogP contribution in [0, 0.1) is 5.92 Å². The van der Waals surface area contributed by atoms with E-state index < -0.39 is 0 Å². The summed E-state index contributed by atoms with van der Waals surface area (Å²) in [6, 6.07) is 7.96. The Morgan fingerprint density at radius 3 is 2.68 bits per heavy atom. The van der Waals surface area contributed by atoms with Crippen molar-refractivity contribution in [2.24, 2.45) is 5.92 Å². The zero-order valence-corrected chi connectivity index (χ0v) is 14.5. The van der Waals surface area contributed by atoms with E-state index in [1.807, 2.05) is 23.1 Å². The summed E-state index contributed by atoms with van der Waals surface area (Å²) >= 11 is 0. The molecule has 134 valence electrons. The summed E-state index contributed by atoms with van der Waals surface area (Å²) in [5.41, 5.74) is 1.09. The summed E-state index contributed by atoms with van der Waals surface area (Å²) in [5, 5.41) is 12.5. The largest absolute Gasteiger partial charge is 0.508 e. The number of piperidine rings is 3. The summed E-state index contributed by atoms with van der Waals surface area (Å²) in [7, 11) is 0. The van der Waals surface area contributed by atoms with Gasteiger partial charge in [-0.25, -0.2) is 0 Å². The highest BCUT2D eigenvalue weighted by Gasteiger charge is 2.54. The lowest BCUT2D eigenvalue weighted by atomic mass is 9.75. The number of phenolic OH excluding ortho intramolecular Hbond substituents is 1. The zero-order valence-electron chi connectivity index (χ0n) is 14.5. The first-order valence-electron chi connectivity index (χ1n) is 9.11.